The summed E-state index contributed by atoms with van der Waals surface area (Å²) in [6, 6.07) is 17.6. The molecule has 6 nitrogen and oxygen atoms in total. The van der Waals surface area contributed by atoms with E-state index in [0.717, 1.165) is 22.0 Å². The number of rotatable bonds is 5. The number of piperazine rings is 1. The first-order valence-electron chi connectivity index (χ1n) is 11.6. The average molecular weight is 503 g/mol. The fourth-order valence-corrected chi connectivity index (χ4v) is 4.86. The lowest BCUT2D eigenvalue weighted by molar-refractivity contribution is -0.126. The van der Waals surface area contributed by atoms with E-state index < -0.39 is 5.82 Å². The molecule has 36 heavy (non-hydrogen) atoms. The average Bonchev–Trinajstić information content (AvgIpc) is 2.89. The second kappa shape index (κ2) is 9.95. The SMILES string of the molecule is C=CC(=O)N1CCN(c2nnc(Cc3ccccc3)c3cc(Cl)c(-c4c(O)cccc4F)cc23)CC1. The van der Waals surface area contributed by atoms with E-state index in [0.29, 0.717) is 49.0 Å². The Morgan fingerprint density at radius 2 is 1.78 bits per heavy atom. The molecular formula is C28H24ClFN4O2. The molecule has 1 saturated heterocycles. The zero-order valence-corrected chi connectivity index (χ0v) is 20.2. The van der Waals surface area contributed by atoms with E-state index in [1.165, 1.54) is 24.3 Å². The van der Waals surface area contributed by atoms with Crippen molar-refractivity contribution in [1.29, 1.82) is 0 Å². The third kappa shape index (κ3) is 4.50. The van der Waals surface area contributed by atoms with Crippen molar-refractivity contribution < 1.29 is 14.3 Å². The van der Waals surface area contributed by atoms with Crippen molar-refractivity contribution in [2.45, 2.75) is 6.42 Å². The molecule has 8 heteroatoms. The molecule has 1 aromatic heterocycles. The summed E-state index contributed by atoms with van der Waals surface area (Å²) in [5.74, 6) is -0.240. The predicted octanol–water partition coefficient (Wildman–Crippen LogP) is 5.22. The van der Waals surface area contributed by atoms with Gasteiger partial charge in [-0.1, -0.05) is 54.6 Å². The van der Waals surface area contributed by atoms with Gasteiger partial charge in [-0.15, -0.1) is 5.10 Å². The van der Waals surface area contributed by atoms with Crippen LogP contribution in [0.25, 0.3) is 21.9 Å². The predicted molar refractivity (Wildman–Crippen MR) is 140 cm³/mol. The van der Waals surface area contributed by atoms with E-state index in [-0.39, 0.29) is 17.2 Å². The number of amides is 1. The van der Waals surface area contributed by atoms with Crippen LogP contribution in [0.15, 0.2) is 73.3 Å². The van der Waals surface area contributed by atoms with Crippen LogP contribution in [0.4, 0.5) is 10.2 Å². The molecule has 1 fully saturated rings. The van der Waals surface area contributed by atoms with Crippen LogP contribution in [0.1, 0.15) is 11.3 Å². The molecule has 3 aromatic carbocycles. The van der Waals surface area contributed by atoms with Crippen LogP contribution in [-0.2, 0) is 11.2 Å². The van der Waals surface area contributed by atoms with Crippen molar-refractivity contribution >= 4 is 34.1 Å². The summed E-state index contributed by atoms with van der Waals surface area (Å²) >= 11 is 6.67. The van der Waals surface area contributed by atoms with Crippen LogP contribution >= 0.6 is 11.6 Å². The molecule has 0 aliphatic carbocycles. The number of halogens is 2. The number of hydrogen-bond donors (Lipinski definition) is 1. The summed E-state index contributed by atoms with van der Waals surface area (Å²) in [5.41, 5.74) is 2.23. The molecule has 0 spiro atoms. The van der Waals surface area contributed by atoms with Crippen LogP contribution in [-0.4, -0.2) is 52.3 Å². The number of anilines is 1. The minimum absolute atomic E-state index is 0.0400. The van der Waals surface area contributed by atoms with Crippen molar-refractivity contribution in [2.24, 2.45) is 0 Å². The largest absolute Gasteiger partial charge is 0.507 e. The summed E-state index contributed by atoms with van der Waals surface area (Å²) in [6.07, 6.45) is 1.87. The van der Waals surface area contributed by atoms with Crippen LogP contribution in [0.2, 0.25) is 5.02 Å². The third-order valence-corrected chi connectivity index (χ3v) is 6.78. The maximum absolute atomic E-state index is 14.8. The van der Waals surface area contributed by atoms with Crippen molar-refractivity contribution in [3.8, 4) is 16.9 Å². The summed E-state index contributed by atoms with van der Waals surface area (Å²) in [5, 5.41) is 21.4. The highest BCUT2D eigenvalue weighted by atomic mass is 35.5. The van der Waals surface area contributed by atoms with Crippen molar-refractivity contribution in [3.05, 3.63) is 95.4 Å². The topological polar surface area (TPSA) is 69.6 Å². The van der Waals surface area contributed by atoms with Gasteiger partial charge in [-0.25, -0.2) is 4.39 Å². The van der Waals surface area contributed by atoms with Gasteiger partial charge < -0.3 is 14.9 Å². The van der Waals surface area contributed by atoms with E-state index >= 15 is 0 Å². The Hall–Kier alpha value is -3.97. The minimum Gasteiger partial charge on any atom is -0.507 e. The number of phenols is 1. The Labute approximate surface area is 213 Å². The normalized spacial score (nSPS) is 13.7. The third-order valence-electron chi connectivity index (χ3n) is 6.47. The summed E-state index contributed by atoms with van der Waals surface area (Å²) < 4.78 is 14.8. The van der Waals surface area contributed by atoms with E-state index in [4.69, 9.17) is 11.6 Å². The van der Waals surface area contributed by atoms with Crippen LogP contribution < -0.4 is 4.90 Å². The molecule has 0 bridgehead atoms. The molecule has 0 radical (unpaired) electrons. The summed E-state index contributed by atoms with van der Waals surface area (Å²) in [6.45, 7) is 5.73. The quantitative estimate of drug-likeness (QED) is 0.379. The zero-order valence-electron chi connectivity index (χ0n) is 19.5. The lowest BCUT2D eigenvalue weighted by atomic mass is 9.97. The van der Waals surface area contributed by atoms with Gasteiger partial charge in [0, 0.05) is 54.0 Å². The van der Waals surface area contributed by atoms with Gasteiger partial charge in [0.2, 0.25) is 5.91 Å². The minimum atomic E-state index is -0.569. The Balaban J connectivity index is 1.64. The summed E-state index contributed by atoms with van der Waals surface area (Å²) in [4.78, 5) is 15.8. The second-order valence-corrected chi connectivity index (χ2v) is 9.07. The van der Waals surface area contributed by atoms with Crippen LogP contribution in [0.3, 0.4) is 0 Å². The molecule has 2 heterocycles. The number of aromatic nitrogens is 2. The molecule has 0 unspecified atom stereocenters. The Morgan fingerprint density at radius 1 is 1.03 bits per heavy atom. The highest BCUT2D eigenvalue weighted by Gasteiger charge is 2.24. The van der Waals surface area contributed by atoms with Gasteiger partial charge in [-0.2, -0.15) is 5.10 Å². The number of fused-ring (bicyclic) bond motifs is 1. The Kier molecular flexibility index (Phi) is 6.57. The molecule has 1 N–H and O–H groups in total. The molecule has 1 aliphatic heterocycles. The maximum Gasteiger partial charge on any atom is 0.246 e. The molecule has 0 atom stereocenters. The number of nitrogens with zero attached hydrogens (tertiary/aromatic N) is 4. The maximum atomic E-state index is 14.8. The molecule has 5 rings (SSSR count). The van der Waals surface area contributed by atoms with E-state index in [1.54, 1.807) is 17.0 Å². The molecule has 4 aromatic rings. The first-order chi connectivity index (χ1) is 17.5. The number of benzene rings is 3. The smallest absolute Gasteiger partial charge is 0.246 e. The van der Waals surface area contributed by atoms with Gasteiger partial charge in [0.15, 0.2) is 5.82 Å². The first-order valence-corrected chi connectivity index (χ1v) is 12.0. The molecule has 1 aliphatic rings. The number of carbonyl (C=O) groups excluding carboxylic acids is 1. The molecule has 0 saturated carbocycles. The van der Waals surface area contributed by atoms with Gasteiger partial charge in [0.1, 0.15) is 11.6 Å². The lowest BCUT2D eigenvalue weighted by Gasteiger charge is -2.35. The lowest BCUT2D eigenvalue weighted by Crippen LogP contribution is -2.48. The van der Waals surface area contributed by atoms with Crippen molar-refractivity contribution in [3.63, 3.8) is 0 Å². The molecule has 182 valence electrons. The highest BCUT2D eigenvalue weighted by Crippen LogP contribution is 2.41. The van der Waals surface area contributed by atoms with Crippen molar-refractivity contribution in [1.82, 2.24) is 15.1 Å². The van der Waals surface area contributed by atoms with Gasteiger partial charge >= 0.3 is 0 Å². The van der Waals surface area contributed by atoms with Crippen LogP contribution in [0.5, 0.6) is 5.75 Å². The monoisotopic (exact) mass is 502 g/mol. The number of carbonyl (C=O) groups is 1. The van der Waals surface area contributed by atoms with Crippen LogP contribution in [0, 0.1) is 5.82 Å². The summed E-state index contributed by atoms with van der Waals surface area (Å²) in [7, 11) is 0. The number of phenolic OH excluding ortho intramolecular Hbond substituents is 1. The van der Waals surface area contributed by atoms with Gasteiger partial charge in [0.25, 0.3) is 0 Å². The van der Waals surface area contributed by atoms with E-state index in [1.807, 2.05) is 30.3 Å². The fourth-order valence-electron chi connectivity index (χ4n) is 4.60. The molecular weight excluding hydrogens is 479 g/mol. The zero-order chi connectivity index (χ0) is 25.2. The first kappa shape index (κ1) is 23.8. The molecule has 1 amide bonds. The van der Waals surface area contributed by atoms with Gasteiger partial charge in [-0.3, -0.25) is 4.79 Å². The standard InChI is InChI=1S/C28H24ClFN4O2/c1-2-26(36)33-11-13-34(14-12-33)28-20-16-21(27-23(30)9-6-10-25(27)35)22(29)17-19(20)24(31-32-28)15-18-7-4-3-5-8-18/h2-10,16-17,35H,1,11-15H2. The fraction of sp³-hybridized carbons (Fsp3) is 0.179. The Bertz CT molecular complexity index is 1430. The van der Waals surface area contributed by atoms with E-state index in [9.17, 15) is 14.3 Å². The second-order valence-electron chi connectivity index (χ2n) is 8.66. The van der Waals surface area contributed by atoms with Gasteiger partial charge in [-0.05, 0) is 35.9 Å². The Morgan fingerprint density at radius 3 is 2.47 bits per heavy atom. The van der Waals surface area contributed by atoms with Gasteiger partial charge in [0.05, 0.1) is 11.3 Å². The van der Waals surface area contributed by atoms with E-state index in [2.05, 4.69) is 21.7 Å². The number of hydrogen-bond acceptors (Lipinski definition) is 5. The highest BCUT2D eigenvalue weighted by molar-refractivity contribution is 6.34. The number of aromatic hydroxyl groups is 1. The van der Waals surface area contributed by atoms with Crippen molar-refractivity contribution in [2.75, 3.05) is 31.1 Å².